The van der Waals surface area contributed by atoms with Crippen LogP contribution in [0.2, 0.25) is 0 Å². The van der Waals surface area contributed by atoms with Crippen LogP contribution in [-0.4, -0.2) is 43.3 Å². The van der Waals surface area contributed by atoms with Crippen molar-refractivity contribution in [1.82, 2.24) is 10.2 Å². The van der Waals surface area contributed by atoms with Crippen molar-refractivity contribution in [2.24, 2.45) is 5.92 Å². The van der Waals surface area contributed by atoms with Crippen LogP contribution < -0.4 is 14.8 Å². The van der Waals surface area contributed by atoms with Gasteiger partial charge in [-0.05, 0) is 43.5 Å². The molecule has 0 bridgehead atoms. The molecule has 0 aromatic heterocycles. The van der Waals surface area contributed by atoms with Crippen molar-refractivity contribution in [2.45, 2.75) is 18.9 Å². The Balaban J connectivity index is 1.52. The Labute approximate surface area is 117 Å². The first-order valence-electron chi connectivity index (χ1n) is 7.23. The highest BCUT2D eigenvalue weighted by molar-refractivity contribution is 5.95. The molecule has 1 N–H and O–H groups in total. The molecule has 1 aromatic carbocycles. The van der Waals surface area contributed by atoms with E-state index in [1.54, 1.807) is 6.07 Å². The van der Waals surface area contributed by atoms with Crippen LogP contribution in [0.5, 0.6) is 11.5 Å². The predicted octanol–water partition coefficient (Wildman–Crippen LogP) is 1.24. The fraction of sp³-hybridized carbons (Fsp3) is 0.533. The zero-order valence-electron chi connectivity index (χ0n) is 11.3. The molecule has 2 atom stereocenters. The molecule has 4 rings (SSSR count). The molecular formula is C15H18N2O3. The number of likely N-dealkylation sites (tertiary alicyclic amines) is 1. The lowest BCUT2D eigenvalue weighted by atomic mass is 9.93. The zero-order chi connectivity index (χ0) is 13.5. The second-order valence-electron chi connectivity index (χ2n) is 5.72. The van der Waals surface area contributed by atoms with Crippen LogP contribution in [0.15, 0.2) is 18.2 Å². The summed E-state index contributed by atoms with van der Waals surface area (Å²) in [5, 5.41) is 3.52. The predicted molar refractivity (Wildman–Crippen MR) is 73.0 cm³/mol. The van der Waals surface area contributed by atoms with Crippen molar-refractivity contribution in [2.75, 3.05) is 26.4 Å². The molecule has 3 heterocycles. The van der Waals surface area contributed by atoms with Crippen LogP contribution in [-0.2, 0) is 0 Å². The average molecular weight is 274 g/mol. The van der Waals surface area contributed by atoms with Crippen LogP contribution >= 0.6 is 0 Å². The quantitative estimate of drug-likeness (QED) is 0.837. The van der Waals surface area contributed by atoms with Gasteiger partial charge in [-0.3, -0.25) is 4.79 Å². The van der Waals surface area contributed by atoms with Crippen molar-refractivity contribution < 1.29 is 14.3 Å². The number of nitrogens with zero attached hydrogens (tertiary/aromatic N) is 1. The number of nitrogens with one attached hydrogen (secondary N) is 1. The Morgan fingerprint density at radius 1 is 1.25 bits per heavy atom. The van der Waals surface area contributed by atoms with Gasteiger partial charge in [0.2, 0.25) is 6.79 Å². The molecule has 1 amide bonds. The number of amides is 1. The van der Waals surface area contributed by atoms with Gasteiger partial charge in [0.15, 0.2) is 11.5 Å². The number of piperidine rings is 1. The van der Waals surface area contributed by atoms with Crippen molar-refractivity contribution in [3.05, 3.63) is 23.8 Å². The molecule has 2 fully saturated rings. The molecule has 1 aromatic rings. The lowest BCUT2D eigenvalue weighted by Gasteiger charge is -2.34. The minimum atomic E-state index is 0.105. The standard InChI is InChI=1S/C15H18N2O3/c18-15(10-1-2-13-14(7-10)20-9-19-13)17-6-4-12-11(8-17)3-5-16-12/h1-2,7,11-12,16H,3-6,8-9H2. The molecule has 0 saturated carbocycles. The molecule has 106 valence electrons. The topological polar surface area (TPSA) is 50.8 Å². The van der Waals surface area contributed by atoms with Crippen molar-refractivity contribution in [3.63, 3.8) is 0 Å². The molecule has 5 nitrogen and oxygen atoms in total. The van der Waals surface area contributed by atoms with Crippen LogP contribution in [0, 0.1) is 5.92 Å². The number of fused-ring (bicyclic) bond motifs is 2. The Morgan fingerprint density at radius 3 is 3.10 bits per heavy atom. The maximum Gasteiger partial charge on any atom is 0.254 e. The first-order valence-corrected chi connectivity index (χ1v) is 7.23. The summed E-state index contributed by atoms with van der Waals surface area (Å²) >= 11 is 0. The summed E-state index contributed by atoms with van der Waals surface area (Å²) in [5.41, 5.74) is 0.693. The molecule has 5 heteroatoms. The van der Waals surface area contributed by atoms with Crippen LogP contribution in [0.25, 0.3) is 0 Å². The van der Waals surface area contributed by atoms with Gasteiger partial charge in [-0.25, -0.2) is 0 Å². The highest BCUT2D eigenvalue weighted by atomic mass is 16.7. The SMILES string of the molecule is O=C(c1ccc2c(c1)OCO2)N1CCC2NCCC2C1. The largest absolute Gasteiger partial charge is 0.454 e. The second-order valence-corrected chi connectivity index (χ2v) is 5.72. The third-order valence-electron chi connectivity index (χ3n) is 4.56. The Bertz CT molecular complexity index is 546. The van der Waals surface area contributed by atoms with Gasteiger partial charge in [-0.2, -0.15) is 0 Å². The fourth-order valence-electron chi connectivity index (χ4n) is 3.44. The lowest BCUT2D eigenvalue weighted by molar-refractivity contribution is 0.0661. The molecule has 3 aliphatic rings. The summed E-state index contributed by atoms with van der Waals surface area (Å²) < 4.78 is 10.6. The van der Waals surface area contributed by atoms with E-state index in [2.05, 4.69) is 5.32 Å². The molecule has 0 aliphatic carbocycles. The second kappa shape index (κ2) is 4.66. The van der Waals surface area contributed by atoms with Crippen molar-refractivity contribution >= 4 is 5.91 Å². The summed E-state index contributed by atoms with van der Waals surface area (Å²) in [6.07, 6.45) is 2.23. The molecule has 0 radical (unpaired) electrons. The highest BCUT2D eigenvalue weighted by Crippen LogP contribution is 2.33. The Hall–Kier alpha value is -1.75. The number of rotatable bonds is 1. The van der Waals surface area contributed by atoms with Crippen LogP contribution in [0.3, 0.4) is 0 Å². The fourth-order valence-corrected chi connectivity index (χ4v) is 3.44. The molecule has 3 aliphatic heterocycles. The lowest BCUT2D eigenvalue weighted by Crippen LogP contribution is -2.46. The first-order chi connectivity index (χ1) is 9.81. The van der Waals surface area contributed by atoms with E-state index in [0.29, 0.717) is 23.3 Å². The number of benzene rings is 1. The van der Waals surface area contributed by atoms with E-state index in [0.717, 1.165) is 31.8 Å². The number of ether oxygens (including phenoxy) is 2. The van der Waals surface area contributed by atoms with E-state index in [1.807, 2.05) is 17.0 Å². The monoisotopic (exact) mass is 274 g/mol. The molecular weight excluding hydrogens is 256 g/mol. The van der Waals surface area contributed by atoms with E-state index in [1.165, 1.54) is 6.42 Å². The van der Waals surface area contributed by atoms with Gasteiger partial charge >= 0.3 is 0 Å². The average Bonchev–Trinajstić information content (AvgIpc) is 3.13. The Morgan fingerprint density at radius 2 is 2.15 bits per heavy atom. The van der Waals surface area contributed by atoms with Crippen LogP contribution in [0.1, 0.15) is 23.2 Å². The third-order valence-corrected chi connectivity index (χ3v) is 4.56. The van der Waals surface area contributed by atoms with Gasteiger partial charge < -0.3 is 19.7 Å². The smallest absolute Gasteiger partial charge is 0.254 e. The molecule has 2 saturated heterocycles. The minimum absolute atomic E-state index is 0.105. The van der Waals surface area contributed by atoms with Gasteiger partial charge in [0, 0.05) is 24.7 Å². The number of carbonyl (C=O) groups is 1. The highest BCUT2D eigenvalue weighted by Gasteiger charge is 2.34. The van der Waals surface area contributed by atoms with Crippen LogP contribution in [0.4, 0.5) is 0 Å². The van der Waals surface area contributed by atoms with Gasteiger partial charge in [-0.15, -0.1) is 0 Å². The summed E-state index contributed by atoms with van der Waals surface area (Å²) in [4.78, 5) is 14.6. The van der Waals surface area contributed by atoms with Gasteiger partial charge in [0.25, 0.3) is 5.91 Å². The number of carbonyl (C=O) groups excluding carboxylic acids is 1. The molecule has 2 unspecified atom stereocenters. The normalized spacial score (nSPS) is 27.5. The molecule has 0 spiro atoms. The zero-order valence-corrected chi connectivity index (χ0v) is 11.3. The maximum atomic E-state index is 12.6. The molecule has 20 heavy (non-hydrogen) atoms. The van der Waals surface area contributed by atoms with Gasteiger partial charge in [0.05, 0.1) is 0 Å². The van der Waals surface area contributed by atoms with E-state index in [4.69, 9.17) is 9.47 Å². The summed E-state index contributed by atoms with van der Waals surface area (Å²) in [5.74, 6) is 2.11. The number of hydrogen-bond acceptors (Lipinski definition) is 4. The maximum absolute atomic E-state index is 12.6. The number of hydrogen-bond donors (Lipinski definition) is 1. The van der Waals surface area contributed by atoms with Crippen molar-refractivity contribution in [3.8, 4) is 11.5 Å². The summed E-state index contributed by atoms with van der Waals surface area (Å²) in [6.45, 7) is 3.03. The third kappa shape index (κ3) is 1.93. The minimum Gasteiger partial charge on any atom is -0.454 e. The van der Waals surface area contributed by atoms with E-state index >= 15 is 0 Å². The summed E-state index contributed by atoms with van der Waals surface area (Å²) in [6, 6.07) is 6.05. The van der Waals surface area contributed by atoms with Gasteiger partial charge in [-0.1, -0.05) is 0 Å². The van der Waals surface area contributed by atoms with Crippen molar-refractivity contribution in [1.29, 1.82) is 0 Å². The van der Waals surface area contributed by atoms with Gasteiger partial charge in [0.1, 0.15) is 0 Å². The van der Waals surface area contributed by atoms with E-state index in [-0.39, 0.29) is 12.7 Å². The van der Waals surface area contributed by atoms with E-state index in [9.17, 15) is 4.79 Å². The van der Waals surface area contributed by atoms with E-state index < -0.39 is 0 Å². The summed E-state index contributed by atoms with van der Waals surface area (Å²) in [7, 11) is 0. The first kappa shape index (κ1) is 12.0. The Kier molecular flexibility index (Phi) is 2.80.